The van der Waals surface area contributed by atoms with Gasteiger partial charge >= 0.3 is 13.5 Å². The Morgan fingerprint density at radius 3 is 2.18 bits per heavy atom. The molecule has 1 saturated heterocycles. The van der Waals surface area contributed by atoms with Crippen LogP contribution in [0.25, 0.3) is 0 Å². The molecule has 0 radical (unpaired) electrons. The van der Waals surface area contributed by atoms with Crippen LogP contribution >= 0.6 is 0 Å². The van der Waals surface area contributed by atoms with Gasteiger partial charge in [-0.15, -0.1) is 13.2 Å². The van der Waals surface area contributed by atoms with Gasteiger partial charge in [-0.1, -0.05) is 64.4 Å². The molecule has 1 aliphatic heterocycles. The maximum Gasteiger partial charge on any atom is 0.573 e. The van der Waals surface area contributed by atoms with E-state index in [1.54, 1.807) is 0 Å². The first-order valence-electron chi connectivity index (χ1n) is 10.2. The molecular formula is C20H29BF4O3. The summed E-state index contributed by atoms with van der Waals surface area (Å²) in [6, 6.07) is 3.23. The fourth-order valence-corrected chi connectivity index (χ4v) is 3.34. The van der Waals surface area contributed by atoms with Crippen LogP contribution in [0.3, 0.4) is 0 Å². The third-order valence-electron chi connectivity index (χ3n) is 4.89. The number of alkyl halides is 3. The van der Waals surface area contributed by atoms with Gasteiger partial charge in [0.05, 0.1) is 0 Å². The molecule has 8 heteroatoms. The Labute approximate surface area is 164 Å². The van der Waals surface area contributed by atoms with E-state index < -0.39 is 25.0 Å². The maximum atomic E-state index is 13.8. The van der Waals surface area contributed by atoms with E-state index in [0.29, 0.717) is 24.6 Å². The van der Waals surface area contributed by atoms with Gasteiger partial charge in [-0.2, -0.15) is 0 Å². The van der Waals surface area contributed by atoms with Gasteiger partial charge in [-0.3, -0.25) is 0 Å². The van der Waals surface area contributed by atoms with Gasteiger partial charge in [0.2, 0.25) is 0 Å². The van der Waals surface area contributed by atoms with Gasteiger partial charge in [-0.05, 0) is 24.0 Å². The van der Waals surface area contributed by atoms with Crippen molar-refractivity contribution in [2.45, 2.75) is 71.1 Å². The van der Waals surface area contributed by atoms with Crippen LogP contribution in [0.4, 0.5) is 17.6 Å². The zero-order valence-electron chi connectivity index (χ0n) is 16.4. The Balaban J connectivity index is 1.66. The first-order valence-corrected chi connectivity index (χ1v) is 10.2. The van der Waals surface area contributed by atoms with Crippen molar-refractivity contribution in [2.24, 2.45) is 5.92 Å². The van der Waals surface area contributed by atoms with Crippen LogP contribution in [0.1, 0.15) is 64.7 Å². The molecule has 158 valence electrons. The standard InChI is InChI=1S/C20H29BF4O3/c1-2-3-4-5-6-7-8-9-10-16-14-26-21(27-15-16)17-11-12-19(18(22)13-17)28-20(23,24)25/h11-13,16H,2-10,14-15H2,1H3. The van der Waals surface area contributed by atoms with Crippen molar-refractivity contribution >= 4 is 12.6 Å². The molecule has 1 aromatic rings. The lowest BCUT2D eigenvalue weighted by molar-refractivity contribution is -0.275. The average Bonchev–Trinajstić information content (AvgIpc) is 2.65. The monoisotopic (exact) mass is 404 g/mol. The summed E-state index contributed by atoms with van der Waals surface area (Å²) < 4.78 is 65.3. The second kappa shape index (κ2) is 11.7. The van der Waals surface area contributed by atoms with Gasteiger partial charge in [0.25, 0.3) is 0 Å². The zero-order chi connectivity index (χ0) is 20.4. The van der Waals surface area contributed by atoms with Gasteiger partial charge in [0, 0.05) is 19.1 Å². The molecule has 0 unspecified atom stereocenters. The lowest BCUT2D eigenvalue weighted by Crippen LogP contribution is -2.44. The third kappa shape index (κ3) is 8.39. The molecule has 1 aromatic carbocycles. The second-order valence-electron chi connectivity index (χ2n) is 7.37. The molecule has 1 fully saturated rings. The minimum Gasteiger partial charge on any atom is -0.407 e. The van der Waals surface area contributed by atoms with E-state index in [9.17, 15) is 17.6 Å². The molecule has 1 aliphatic rings. The molecule has 1 heterocycles. The first-order chi connectivity index (χ1) is 13.4. The highest BCUT2D eigenvalue weighted by Crippen LogP contribution is 2.25. The van der Waals surface area contributed by atoms with Gasteiger partial charge < -0.3 is 14.0 Å². The minimum absolute atomic E-state index is 0.300. The van der Waals surface area contributed by atoms with Crippen molar-refractivity contribution in [1.82, 2.24) is 0 Å². The summed E-state index contributed by atoms with van der Waals surface area (Å²) in [7, 11) is -0.760. The van der Waals surface area contributed by atoms with Crippen LogP contribution in [-0.2, 0) is 9.31 Å². The summed E-state index contributed by atoms with van der Waals surface area (Å²) in [6.45, 7) is 3.22. The van der Waals surface area contributed by atoms with Crippen molar-refractivity contribution in [2.75, 3.05) is 13.2 Å². The number of unbranched alkanes of at least 4 members (excludes halogenated alkanes) is 7. The molecule has 0 aromatic heterocycles. The van der Waals surface area contributed by atoms with E-state index >= 15 is 0 Å². The van der Waals surface area contributed by atoms with E-state index in [-0.39, 0.29) is 0 Å². The second-order valence-corrected chi connectivity index (χ2v) is 7.37. The van der Waals surface area contributed by atoms with E-state index in [0.717, 1.165) is 25.0 Å². The predicted molar refractivity (Wildman–Crippen MR) is 101 cm³/mol. The molecule has 2 rings (SSSR count). The number of hydrogen-bond donors (Lipinski definition) is 0. The SMILES string of the molecule is CCCCCCCCCCC1COB(c2ccc(OC(F)(F)F)c(F)c2)OC1. The number of hydrogen-bond acceptors (Lipinski definition) is 3. The first kappa shape index (κ1) is 23.0. The molecule has 0 bridgehead atoms. The van der Waals surface area contributed by atoms with Crippen LogP contribution in [0.5, 0.6) is 5.75 Å². The summed E-state index contributed by atoms with van der Waals surface area (Å²) in [6.07, 6.45) is 6.20. The molecular weight excluding hydrogens is 375 g/mol. The lowest BCUT2D eigenvalue weighted by Gasteiger charge is -2.27. The molecule has 0 amide bonds. The Morgan fingerprint density at radius 2 is 1.61 bits per heavy atom. The van der Waals surface area contributed by atoms with Crippen LogP contribution in [0.2, 0.25) is 0 Å². The van der Waals surface area contributed by atoms with E-state index in [2.05, 4.69) is 11.7 Å². The van der Waals surface area contributed by atoms with Gasteiger partial charge in [0.15, 0.2) is 11.6 Å². The van der Waals surface area contributed by atoms with Crippen LogP contribution < -0.4 is 10.2 Å². The minimum atomic E-state index is -4.93. The Bertz CT molecular complexity index is 575. The van der Waals surface area contributed by atoms with Crippen molar-refractivity contribution in [3.05, 3.63) is 24.0 Å². The maximum absolute atomic E-state index is 13.8. The third-order valence-corrected chi connectivity index (χ3v) is 4.89. The van der Waals surface area contributed by atoms with E-state index in [4.69, 9.17) is 9.31 Å². The van der Waals surface area contributed by atoms with Crippen molar-refractivity contribution in [3.8, 4) is 5.75 Å². The Morgan fingerprint density at radius 1 is 1.00 bits per heavy atom. The number of rotatable bonds is 11. The van der Waals surface area contributed by atoms with Crippen LogP contribution in [0.15, 0.2) is 18.2 Å². The van der Waals surface area contributed by atoms with E-state index in [1.807, 2.05) is 0 Å². The molecule has 28 heavy (non-hydrogen) atoms. The molecule has 0 spiro atoms. The highest BCUT2D eigenvalue weighted by Gasteiger charge is 2.34. The average molecular weight is 404 g/mol. The molecule has 0 N–H and O–H groups in total. The normalized spacial score (nSPS) is 15.8. The summed E-state index contributed by atoms with van der Waals surface area (Å²) in [5.74, 6) is -1.66. The molecule has 0 saturated carbocycles. The van der Waals surface area contributed by atoms with Gasteiger partial charge in [-0.25, -0.2) is 4.39 Å². The summed E-state index contributed by atoms with van der Waals surface area (Å²) >= 11 is 0. The quantitative estimate of drug-likeness (QED) is 0.273. The zero-order valence-corrected chi connectivity index (χ0v) is 16.4. The molecule has 0 atom stereocenters. The summed E-state index contributed by atoms with van der Waals surface area (Å²) in [5, 5.41) is 0. The summed E-state index contributed by atoms with van der Waals surface area (Å²) in [5.41, 5.74) is 0.345. The van der Waals surface area contributed by atoms with Crippen molar-refractivity contribution in [1.29, 1.82) is 0 Å². The highest BCUT2D eigenvalue weighted by molar-refractivity contribution is 6.61. The smallest absolute Gasteiger partial charge is 0.407 e. The topological polar surface area (TPSA) is 27.7 Å². The molecule has 0 aliphatic carbocycles. The van der Waals surface area contributed by atoms with E-state index in [1.165, 1.54) is 51.0 Å². The number of halogens is 4. The van der Waals surface area contributed by atoms with Crippen molar-refractivity contribution < 1.29 is 31.6 Å². The van der Waals surface area contributed by atoms with Crippen LogP contribution in [-0.4, -0.2) is 26.7 Å². The van der Waals surface area contributed by atoms with Crippen molar-refractivity contribution in [3.63, 3.8) is 0 Å². The molecule has 3 nitrogen and oxygen atoms in total. The summed E-state index contributed by atoms with van der Waals surface area (Å²) in [4.78, 5) is 0. The fraction of sp³-hybridized carbons (Fsp3) is 0.700. The largest absolute Gasteiger partial charge is 0.573 e. The predicted octanol–water partition coefficient (Wildman–Crippen LogP) is 5.61. The number of ether oxygens (including phenoxy) is 1. The number of benzene rings is 1. The van der Waals surface area contributed by atoms with Crippen LogP contribution in [0, 0.1) is 11.7 Å². The Hall–Kier alpha value is -1.28. The Kier molecular flexibility index (Phi) is 9.58. The highest BCUT2D eigenvalue weighted by atomic mass is 19.4. The lowest BCUT2D eigenvalue weighted by atomic mass is 9.77. The fourth-order valence-electron chi connectivity index (χ4n) is 3.34. The van der Waals surface area contributed by atoms with Gasteiger partial charge in [0.1, 0.15) is 0 Å².